The Kier molecular flexibility index (Phi) is 4.29. The largest absolute Gasteiger partial charge is 0.311 e. The Bertz CT molecular complexity index is 886. The van der Waals surface area contributed by atoms with Crippen LogP contribution in [-0.4, -0.2) is 20.7 Å². The summed E-state index contributed by atoms with van der Waals surface area (Å²) in [5.41, 5.74) is 4.98. The summed E-state index contributed by atoms with van der Waals surface area (Å²) in [6, 6.07) is 12.1. The van der Waals surface area contributed by atoms with Gasteiger partial charge in [-0.05, 0) is 53.6 Å². The molecule has 1 aromatic carbocycles. The summed E-state index contributed by atoms with van der Waals surface area (Å²) >= 11 is 0. The number of anilines is 1. The molecule has 4 rings (SSSR count). The number of fused-ring (bicyclic) bond motifs is 1. The molecule has 0 saturated heterocycles. The number of nitrogens with zero attached hydrogens (tertiary/aromatic N) is 3. The molecule has 0 bridgehead atoms. The van der Waals surface area contributed by atoms with Crippen molar-refractivity contribution in [2.75, 3.05) is 5.32 Å². The SMILES string of the molecule is O=C(Cc1ccc2c(c1)CCC2)Nc1ccnn1Cc1ccncc1. The maximum Gasteiger partial charge on any atom is 0.229 e. The Morgan fingerprint density at radius 1 is 1.00 bits per heavy atom. The Morgan fingerprint density at radius 2 is 1.84 bits per heavy atom. The summed E-state index contributed by atoms with van der Waals surface area (Å²) in [6.45, 7) is 0.601. The topological polar surface area (TPSA) is 59.8 Å². The van der Waals surface area contributed by atoms with Gasteiger partial charge in [0.25, 0.3) is 0 Å². The molecule has 0 unspecified atom stereocenters. The van der Waals surface area contributed by atoms with E-state index in [4.69, 9.17) is 0 Å². The third-order valence-corrected chi connectivity index (χ3v) is 4.59. The lowest BCUT2D eigenvalue weighted by Crippen LogP contribution is -2.18. The molecule has 0 spiro atoms. The molecule has 1 aliphatic rings. The molecule has 5 nitrogen and oxygen atoms in total. The molecule has 1 amide bonds. The standard InChI is InChI=1S/C20H20N4O/c25-20(13-16-4-5-17-2-1-3-18(17)12-16)23-19-8-11-22-24(19)14-15-6-9-21-10-7-15/h4-12H,1-3,13-14H2,(H,23,25). The van der Waals surface area contributed by atoms with Gasteiger partial charge in [0.2, 0.25) is 5.91 Å². The minimum absolute atomic E-state index is 0.0191. The number of pyridine rings is 1. The van der Waals surface area contributed by atoms with E-state index in [0.717, 1.165) is 24.0 Å². The van der Waals surface area contributed by atoms with Crippen LogP contribution in [0.3, 0.4) is 0 Å². The predicted molar refractivity (Wildman–Crippen MR) is 96.4 cm³/mol. The van der Waals surface area contributed by atoms with E-state index >= 15 is 0 Å². The quantitative estimate of drug-likeness (QED) is 0.781. The number of rotatable bonds is 5. The van der Waals surface area contributed by atoms with Crippen molar-refractivity contribution in [3.8, 4) is 0 Å². The highest BCUT2D eigenvalue weighted by Gasteiger charge is 2.13. The van der Waals surface area contributed by atoms with Gasteiger partial charge in [-0.3, -0.25) is 9.78 Å². The van der Waals surface area contributed by atoms with Crippen LogP contribution >= 0.6 is 0 Å². The average molecular weight is 332 g/mol. The van der Waals surface area contributed by atoms with Gasteiger partial charge in [-0.1, -0.05) is 18.2 Å². The maximum atomic E-state index is 12.4. The maximum absolute atomic E-state index is 12.4. The van der Waals surface area contributed by atoms with Gasteiger partial charge in [-0.25, -0.2) is 4.68 Å². The molecule has 5 heteroatoms. The second-order valence-electron chi connectivity index (χ2n) is 6.41. The van der Waals surface area contributed by atoms with Crippen molar-refractivity contribution in [2.24, 2.45) is 0 Å². The number of aromatic nitrogens is 3. The van der Waals surface area contributed by atoms with Gasteiger partial charge < -0.3 is 5.32 Å². The number of hydrogen-bond acceptors (Lipinski definition) is 3. The molecule has 2 aromatic heterocycles. The molecule has 1 aliphatic carbocycles. The molecule has 1 N–H and O–H groups in total. The lowest BCUT2D eigenvalue weighted by Gasteiger charge is -2.10. The first-order valence-corrected chi connectivity index (χ1v) is 8.59. The third-order valence-electron chi connectivity index (χ3n) is 4.59. The van der Waals surface area contributed by atoms with Crippen molar-refractivity contribution < 1.29 is 4.79 Å². The van der Waals surface area contributed by atoms with E-state index in [2.05, 4.69) is 33.6 Å². The number of hydrogen-bond donors (Lipinski definition) is 1. The van der Waals surface area contributed by atoms with Crippen LogP contribution in [0, 0.1) is 0 Å². The van der Waals surface area contributed by atoms with E-state index in [-0.39, 0.29) is 5.91 Å². The van der Waals surface area contributed by atoms with Crippen molar-refractivity contribution in [3.05, 3.63) is 77.2 Å². The molecule has 0 atom stereocenters. The molecular formula is C20H20N4O. The smallest absolute Gasteiger partial charge is 0.229 e. The van der Waals surface area contributed by atoms with Gasteiger partial charge in [0.05, 0.1) is 19.2 Å². The van der Waals surface area contributed by atoms with Gasteiger partial charge in [0.15, 0.2) is 0 Å². The highest BCUT2D eigenvalue weighted by atomic mass is 16.1. The molecule has 0 radical (unpaired) electrons. The zero-order chi connectivity index (χ0) is 17.1. The zero-order valence-electron chi connectivity index (χ0n) is 14.0. The van der Waals surface area contributed by atoms with E-state index in [9.17, 15) is 4.79 Å². The second kappa shape index (κ2) is 6.89. The van der Waals surface area contributed by atoms with Crippen molar-refractivity contribution in [3.63, 3.8) is 0 Å². The highest BCUT2D eigenvalue weighted by Crippen LogP contribution is 2.23. The fourth-order valence-corrected chi connectivity index (χ4v) is 3.33. The van der Waals surface area contributed by atoms with Gasteiger partial charge in [0.1, 0.15) is 5.82 Å². The Morgan fingerprint density at radius 3 is 2.72 bits per heavy atom. The summed E-state index contributed by atoms with van der Waals surface area (Å²) in [5.74, 6) is 0.692. The predicted octanol–water partition coefficient (Wildman–Crippen LogP) is 3.00. The van der Waals surface area contributed by atoms with Crippen molar-refractivity contribution >= 4 is 11.7 Å². The van der Waals surface area contributed by atoms with Crippen LogP contribution < -0.4 is 5.32 Å². The van der Waals surface area contributed by atoms with Crippen molar-refractivity contribution in [1.82, 2.24) is 14.8 Å². The summed E-state index contributed by atoms with van der Waals surface area (Å²) in [6.07, 6.45) is 9.11. The highest BCUT2D eigenvalue weighted by molar-refractivity contribution is 5.91. The van der Waals surface area contributed by atoms with E-state index in [0.29, 0.717) is 18.8 Å². The summed E-state index contributed by atoms with van der Waals surface area (Å²) < 4.78 is 1.79. The number of nitrogens with one attached hydrogen (secondary N) is 1. The molecule has 3 aromatic rings. The lowest BCUT2D eigenvalue weighted by molar-refractivity contribution is -0.115. The van der Waals surface area contributed by atoms with E-state index in [1.54, 1.807) is 23.3 Å². The number of carbonyl (C=O) groups is 1. The normalized spacial score (nSPS) is 12.8. The number of carbonyl (C=O) groups excluding carboxylic acids is 1. The summed E-state index contributed by atoms with van der Waals surface area (Å²) in [5, 5.41) is 7.27. The van der Waals surface area contributed by atoms with Gasteiger partial charge in [-0.15, -0.1) is 0 Å². The minimum atomic E-state index is -0.0191. The average Bonchev–Trinajstić information content (AvgIpc) is 3.25. The molecular weight excluding hydrogens is 312 g/mol. The van der Waals surface area contributed by atoms with Crippen LogP contribution in [0.2, 0.25) is 0 Å². The number of amides is 1. The first-order valence-electron chi connectivity index (χ1n) is 8.59. The van der Waals surface area contributed by atoms with Crippen LogP contribution in [-0.2, 0) is 30.6 Å². The van der Waals surface area contributed by atoms with E-state index in [1.165, 1.54) is 17.5 Å². The monoisotopic (exact) mass is 332 g/mol. The Labute approximate surface area is 146 Å². The first-order chi connectivity index (χ1) is 12.3. The number of aryl methyl sites for hydroxylation is 2. The van der Waals surface area contributed by atoms with E-state index < -0.39 is 0 Å². The Hall–Kier alpha value is -2.95. The second-order valence-corrected chi connectivity index (χ2v) is 6.41. The van der Waals surface area contributed by atoms with Crippen LogP contribution in [0.5, 0.6) is 0 Å². The van der Waals surface area contributed by atoms with Crippen LogP contribution in [0.15, 0.2) is 55.0 Å². The third kappa shape index (κ3) is 3.60. The van der Waals surface area contributed by atoms with Crippen molar-refractivity contribution in [2.45, 2.75) is 32.2 Å². The van der Waals surface area contributed by atoms with E-state index in [1.807, 2.05) is 18.2 Å². The fraction of sp³-hybridized carbons (Fsp3) is 0.250. The molecule has 25 heavy (non-hydrogen) atoms. The lowest BCUT2D eigenvalue weighted by atomic mass is 10.0. The molecule has 126 valence electrons. The van der Waals surface area contributed by atoms with Gasteiger partial charge in [0, 0.05) is 18.5 Å². The summed E-state index contributed by atoms with van der Waals surface area (Å²) in [4.78, 5) is 16.4. The molecule has 0 fully saturated rings. The van der Waals surface area contributed by atoms with Gasteiger partial charge in [-0.2, -0.15) is 5.10 Å². The Balaban J connectivity index is 1.42. The fourth-order valence-electron chi connectivity index (χ4n) is 3.33. The number of benzene rings is 1. The van der Waals surface area contributed by atoms with Crippen LogP contribution in [0.4, 0.5) is 5.82 Å². The van der Waals surface area contributed by atoms with Gasteiger partial charge >= 0.3 is 0 Å². The molecule has 0 saturated carbocycles. The van der Waals surface area contributed by atoms with Crippen molar-refractivity contribution in [1.29, 1.82) is 0 Å². The molecule has 0 aliphatic heterocycles. The molecule has 2 heterocycles. The summed E-state index contributed by atoms with van der Waals surface area (Å²) in [7, 11) is 0. The van der Waals surface area contributed by atoms with Crippen LogP contribution in [0.1, 0.15) is 28.7 Å². The van der Waals surface area contributed by atoms with Crippen LogP contribution in [0.25, 0.3) is 0 Å². The minimum Gasteiger partial charge on any atom is -0.311 e. The zero-order valence-corrected chi connectivity index (χ0v) is 14.0. The first kappa shape index (κ1) is 15.6.